The van der Waals surface area contributed by atoms with Crippen LogP contribution in [0.15, 0.2) is 24.3 Å². The van der Waals surface area contributed by atoms with Crippen LogP contribution < -0.4 is 5.32 Å². The molecule has 0 amide bonds. The first kappa shape index (κ1) is 13.1. The van der Waals surface area contributed by atoms with Gasteiger partial charge in [0.1, 0.15) is 0 Å². The summed E-state index contributed by atoms with van der Waals surface area (Å²) in [6, 6.07) is 11.0. The van der Waals surface area contributed by atoms with Gasteiger partial charge in [0.05, 0.1) is 11.6 Å². The molecule has 0 bridgehead atoms. The normalized spacial score (nSPS) is 19.4. The zero-order chi connectivity index (χ0) is 13.0. The van der Waals surface area contributed by atoms with Crippen molar-refractivity contribution >= 4 is 0 Å². The molecule has 1 saturated carbocycles. The molecule has 0 aromatic heterocycles. The molecular weight excluding hydrogens is 220 g/mol. The quantitative estimate of drug-likeness (QED) is 0.872. The van der Waals surface area contributed by atoms with Gasteiger partial charge in [0, 0.05) is 12.1 Å². The van der Waals surface area contributed by atoms with Crippen molar-refractivity contribution in [3.05, 3.63) is 35.4 Å². The molecule has 1 unspecified atom stereocenters. The van der Waals surface area contributed by atoms with Gasteiger partial charge < -0.3 is 5.32 Å². The topological polar surface area (TPSA) is 35.8 Å². The molecule has 1 fully saturated rings. The van der Waals surface area contributed by atoms with Crippen LogP contribution in [0.25, 0.3) is 0 Å². The number of nitrogens with zero attached hydrogens (tertiary/aromatic N) is 1. The van der Waals surface area contributed by atoms with E-state index >= 15 is 0 Å². The Hall–Kier alpha value is -1.33. The minimum Gasteiger partial charge on any atom is -0.307 e. The van der Waals surface area contributed by atoms with Crippen molar-refractivity contribution in [2.24, 2.45) is 5.92 Å². The second-order valence-electron chi connectivity index (χ2n) is 5.46. The van der Waals surface area contributed by atoms with Crippen LogP contribution in [0.5, 0.6) is 0 Å². The smallest absolute Gasteiger partial charge is 0.0991 e. The molecule has 2 nitrogen and oxygen atoms in total. The van der Waals surface area contributed by atoms with Crippen molar-refractivity contribution in [2.45, 2.75) is 51.6 Å². The van der Waals surface area contributed by atoms with Gasteiger partial charge >= 0.3 is 0 Å². The van der Waals surface area contributed by atoms with Crippen LogP contribution in [0.1, 0.15) is 56.7 Å². The van der Waals surface area contributed by atoms with Gasteiger partial charge in [0.2, 0.25) is 0 Å². The highest BCUT2D eigenvalue weighted by atomic mass is 14.9. The molecule has 18 heavy (non-hydrogen) atoms. The first-order valence-corrected chi connectivity index (χ1v) is 6.97. The molecule has 0 radical (unpaired) electrons. The number of nitrogens with one attached hydrogen (secondary N) is 1. The van der Waals surface area contributed by atoms with Crippen LogP contribution in [0.3, 0.4) is 0 Å². The van der Waals surface area contributed by atoms with Crippen molar-refractivity contribution < 1.29 is 0 Å². The standard InChI is InChI=1S/C16H22N2/c1-12(15-5-3-4-6-15)18-13(2)16-9-7-14(11-17)8-10-16/h7-10,12-13,15,18H,3-6H2,1-2H3/t12-,13?/m1/s1. The Balaban J connectivity index is 1.93. The fourth-order valence-electron chi connectivity index (χ4n) is 2.93. The molecule has 2 heteroatoms. The monoisotopic (exact) mass is 242 g/mol. The molecule has 96 valence electrons. The lowest BCUT2D eigenvalue weighted by atomic mass is 9.97. The van der Waals surface area contributed by atoms with E-state index in [1.807, 2.05) is 12.1 Å². The number of nitriles is 1. The predicted octanol–water partition coefficient (Wildman–Crippen LogP) is 3.79. The Bertz CT molecular complexity index is 410. The Kier molecular flexibility index (Phi) is 4.38. The minimum atomic E-state index is 0.355. The van der Waals surface area contributed by atoms with Crippen LogP contribution in [0.4, 0.5) is 0 Å². The van der Waals surface area contributed by atoms with E-state index < -0.39 is 0 Å². The predicted molar refractivity (Wildman–Crippen MR) is 74.1 cm³/mol. The summed E-state index contributed by atoms with van der Waals surface area (Å²) in [7, 11) is 0. The number of hydrogen-bond donors (Lipinski definition) is 1. The second-order valence-corrected chi connectivity index (χ2v) is 5.46. The lowest BCUT2D eigenvalue weighted by Crippen LogP contribution is -2.34. The summed E-state index contributed by atoms with van der Waals surface area (Å²) in [5.41, 5.74) is 1.99. The lowest BCUT2D eigenvalue weighted by molar-refractivity contribution is 0.352. The van der Waals surface area contributed by atoms with E-state index in [1.54, 1.807) is 0 Å². The van der Waals surface area contributed by atoms with E-state index in [4.69, 9.17) is 5.26 Å². The summed E-state index contributed by atoms with van der Waals surface area (Å²) in [5.74, 6) is 0.839. The molecule has 0 saturated heterocycles. The number of rotatable bonds is 4. The largest absolute Gasteiger partial charge is 0.307 e. The molecule has 0 aliphatic heterocycles. The summed E-state index contributed by atoms with van der Waals surface area (Å²) in [5, 5.41) is 12.5. The van der Waals surface area contributed by atoms with E-state index in [9.17, 15) is 0 Å². The van der Waals surface area contributed by atoms with E-state index in [0.29, 0.717) is 12.1 Å². The lowest BCUT2D eigenvalue weighted by Gasteiger charge is -2.25. The maximum atomic E-state index is 8.79. The highest BCUT2D eigenvalue weighted by Crippen LogP contribution is 2.28. The Morgan fingerprint density at radius 2 is 1.78 bits per heavy atom. The number of benzene rings is 1. The molecule has 0 heterocycles. The summed E-state index contributed by atoms with van der Waals surface area (Å²) in [6.07, 6.45) is 5.52. The van der Waals surface area contributed by atoms with Crippen molar-refractivity contribution in [1.82, 2.24) is 5.32 Å². The fraction of sp³-hybridized carbons (Fsp3) is 0.562. The fourth-order valence-corrected chi connectivity index (χ4v) is 2.93. The van der Waals surface area contributed by atoms with E-state index in [-0.39, 0.29) is 0 Å². The molecule has 2 atom stereocenters. The molecule has 1 aliphatic rings. The average molecular weight is 242 g/mol. The average Bonchev–Trinajstić information content (AvgIpc) is 2.92. The van der Waals surface area contributed by atoms with Crippen molar-refractivity contribution in [1.29, 1.82) is 5.26 Å². The zero-order valence-corrected chi connectivity index (χ0v) is 11.3. The highest BCUT2D eigenvalue weighted by Gasteiger charge is 2.22. The maximum Gasteiger partial charge on any atom is 0.0991 e. The molecule has 0 spiro atoms. The van der Waals surface area contributed by atoms with E-state index in [0.717, 1.165) is 11.5 Å². The summed E-state index contributed by atoms with van der Waals surface area (Å²) < 4.78 is 0. The molecule has 1 aliphatic carbocycles. The summed E-state index contributed by atoms with van der Waals surface area (Å²) in [4.78, 5) is 0. The van der Waals surface area contributed by atoms with Gasteiger partial charge in [-0.25, -0.2) is 0 Å². The maximum absolute atomic E-state index is 8.79. The van der Waals surface area contributed by atoms with Crippen LogP contribution in [-0.2, 0) is 0 Å². The van der Waals surface area contributed by atoms with Crippen molar-refractivity contribution in [3.8, 4) is 6.07 Å². The third-order valence-corrected chi connectivity index (χ3v) is 4.16. The number of hydrogen-bond acceptors (Lipinski definition) is 2. The summed E-state index contributed by atoms with van der Waals surface area (Å²) >= 11 is 0. The van der Waals surface area contributed by atoms with Crippen molar-refractivity contribution in [3.63, 3.8) is 0 Å². The van der Waals surface area contributed by atoms with Crippen LogP contribution >= 0.6 is 0 Å². The van der Waals surface area contributed by atoms with Crippen LogP contribution in [0.2, 0.25) is 0 Å². The third-order valence-electron chi connectivity index (χ3n) is 4.16. The van der Waals surface area contributed by atoms with Crippen molar-refractivity contribution in [2.75, 3.05) is 0 Å². The van der Waals surface area contributed by atoms with Gasteiger partial charge in [-0.2, -0.15) is 5.26 Å². The Morgan fingerprint density at radius 1 is 1.17 bits per heavy atom. The molecule has 2 rings (SSSR count). The van der Waals surface area contributed by atoms with E-state index in [2.05, 4.69) is 37.4 Å². The zero-order valence-electron chi connectivity index (χ0n) is 11.3. The third kappa shape index (κ3) is 3.11. The van der Waals surface area contributed by atoms with Crippen LogP contribution in [-0.4, -0.2) is 6.04 Å². The molecule has 1 aromatic carbocycles. The van der Waals surface area contributed by atoms with Gasteiger partial charge in [-0.1, -0.05) is 25.0 Å². The first-order chi connectivity index (χ1) is 8.70. The molecular formula is C16H22N2. The van der Waals surface area contributed by atoms with Crippen LogP contribution in [0, 0.1) is 17.2 Å². The minimum absolute atomic E-state index is 0.355. The van der Waals surface area contributed by atoms with Gasteiger partial charge in [0.15, 0.2) is 0 Å². The van der Waals surface area contributed by atoms with E-state index in [1.165, 1.54) is 31.2 Å². The second kappa shape index (κ2) is 6.02. The first-order valence-electron chi connectivity index (χ1n) is 6.97. The van der Waals surface area contributed by atoms with Gasteiger partial charge in [-0.15, -0.1) is 0 Å². The van der Waals surface area contributed by atoms with Gasteiger partial charge in [-0.05, 0) is 50.3 Å². The Labute approximate surface area is 110 Å². The Morgan fingerprint density at radius 3 is 2.33 bits per heavy atom. The van der Waals surface area contributed by atoms with Gasteiger partial charge in [-0.3, -0.25) is 0 Å². The summed E-state index contributed by atoms with van der Waals surface area (Å²) in [6.45, 7) is 4.50. The molecule has 1 aromatic rings. The molecule has 1 N–H and O–H groups in total. The SMILES string of the molecule is CC(N[C@H](C)C1CCCC1)c1ccc(C#N)cc1. The highest BCUT2D eigenvalue weighted by molar-refractivity contribution is 5.32. The van der Waals surface area contributed by atoms with Gasteiger partial charge in [0.25, 0.3) is 0 Å².